The largest absolute Gasteiger partial charge is 0.426 e. The van der Waals surface area contributed by atoms with Crippen LogP contribution in [0, 0.1) is 0 Å². The van der Waals surface area contributed by atoms with Crippen LogP contribution >= 0.6 is 0 Å². The predicted octanol–water partition coefficient (Wildman–Crippen LogP) is 2.87. The van der Waals surface area contributed by atoms with Gasteiger partial charge in [-0.25, -0.2) is 0 Å². The lowest BCUT2D eigenvalue weighted by atomic mass is 10.1. The summed E-state index contributed by atoms with van der Waals surface area (Å²) in [6.07, 6.45) is 0. The number of esters is 1. The van der Waals surface area contributed by atoms with E-state index in [1.165, 1.54) is 6.92 Å². The summed E-state index contributed by atoms with van der Waals surface area (Å²) in [5.41, 5.74) is 0.417. The first-order valence-corrected chi connectivity index (χ1v) is 6.44. The molecule has 4 nitrogen and oxygen atoms in total. The Morgan fingerprint density at radius 2 is 1.58 bits per heavy atom. The van der Waals surface area contributed by atoms with Crippen molar-refractivity contribution in [2.75, 3.05) is 0 Å². The molecular formula is C15H21NO3. The summed E-state index contributed by atoms with van der Waals surface area (Å²) in [4.78, 5) is 25.4. The van der Waals surface area contributed by atoms with Crippen LogP contribution in [0.3, 0.4) is 0 Å². The van der Waals surface area contributed by atoms with Gasteiger partial charge in [-0.1, -0.05) is 12.1 Å². The Hall–Kier alpha value is -1.84. The van der Waals surface area contributed by atoms with Crippen LogP contribution in [0.1, 0.15) is 45.0 Å². The Balaban J connectivity index is 3.14. The molecule has 0 spiro atoms. The molecule has 0 radical (unpaired) electrons. The summed E-state index contributed by atoms with van der Waals surface area (Å²) in [6.45, 7) is 9.18. The maximum absolute atomic E-state index is 12.6. The van der Waals surface area contributed by atoms with Crippen LogP contribution in [0.4, 0.5) is 0 Å². The van der Waals surface area contributed by atoms with Crippen LogP contribution in [0.15, 0.2) is 24.3 Å². The van der Waals surface area contributed by atoms with Crippen molar-refractivity contribution in [2.45, 2.75) is 46.7 Å². The van der Waals surface area contributed by atoms with E-state index in [-0.39, 0.29) is 18.0 Å². The molecule has 1 aromatic carbocycles. The van der Waals surface area contributed by atoms with Crippen LogP contribution in [-0.2, 0) is 4.79 Å². The van der Waals surface area contributed by atoms with E-state index in [2.05, 4.69) is 0 Å². The lowest BCUT2D eigenvalue weighted by Crippen LogP contribution is -2.42. The van der Waals surface area contributed by atoms with Crippen molar-refractivity contribution in [3.8, 4) is 5.75 Å². The highest BCUT2D eigenvalue weighted by Crippen LogP contribution is 2.22. The van der Waals surface area contributed by atoms with Gasteiger partial charge >= 0.3 is 5.97 Å². The van der Waals surface area contributed by atoms with E-state index < -0.39 is 5.97 Å². The number of para-hydroxylation sites is 1. The minimum absolute atomic E-state index is 0.0814. The van der Waals surface area contributed by atoms with Gasteiger partial charge in [0, 0.05) is 19.0 Å². The second-order valence-electron chi connectivity index (χ2n) is 4.99. The fraction of sp³-hybridized carbons (Fsp3) is 0.467. The summed E-state index contributed by atoms with van der Waals surface area (Å²) in [6, 6.07) is 6.98. The normalized spacial score (nSPS) is 10.7. The SMILES string of the molecule is CC(=O)Oc1ccccc1C(=O)N(C(C)C)C(C)C. The highest BCUT2D eigenvalue weighted by atomic mass is 16.5. The van der Waals surface area contributed by atoms with Crippen molar-refractivity contribution in [2.24, 2.45) is 0 Å². The number of carbonyl (C=O) groups excluding carboxylic acids is 2. The predicted molar refractivity (Wildman–Crippen MR) is 74.2 cm³/mol. The second-order valence-corrected chi connectivity index (χ2v) is 4.99. The van der Waals surface area contributed by atoms with Gasteiger partial charge in [-0.05, 0) is 39.8 Å². The van der Waals surface area contributed by atoms with Gasteiger partial charge in [-0.2, -0.15) is 0 Å². The number of benzene rings is 1. The Labute approximate surface area is 114 Å². The number of ether oxygens (including phenoxy) is 1. The molecule has 104 valence electrons. The molecule has 19 heavy (non-hydrogen) atoms. The van der Waals surface area contributed by atoms with Gasteiger partial charge in [0.25, 0.3) is 5.91 Å². The number of nitrogens with zero attached hydrogens (tertiary/aromatic N) is 1. The van der Waals surface area contributed by atoms with E-state index in [9.17, 15) is 9.59 Å². The van der Waals surface area contributed by atoms with Gasteiger partial charge < -0.3 is 9.64 Å². The fourth-order valence-corrected chi connectivity index (χ4v) is 2.09. The number of rotatable bonds is 4. The Morgan fingerprint density at radius 1 is 1.05 bits per heavy atom. The molecule has 0 bridgehead atoms. The third-order valence-electron chi connectivity index (χ3n) is 2.72. The highest BCUT2D eigenvalue weighted by molar-refractivity contribution is 5.97. The summed E-state index contributed by atoms with van der Waals surface area (Å²) < 4.78 is 5.09. The third kappa shape index (κ3) is 3.81. The molecule has 0 unspecified atom stereocenters. The molecule has 0 atom stereocenters. The lowest BCUT2D eigenvalue weighted by molar-refractivity contribution is -0.131. The first kappa shape index (κ1) is 15.2. The average molecular weight is 263 g/mol. The highest BCUT2D eigenvalue weighted by Gasteiger charge is 2.24. The monoisotopic (exact) mass is 263 g/mol. The van der Waals surface area contributed by atoms with E-state index in [0.717, 1.165) is 0 Å². The Kier molecular flexibility index (Phi) is 5.10. The van der Waals surface area contributed by atoms with Crippen LogP contribution in [0.5, 0.6) is 5.75 Å². The van der Waals surface area contributed by atoms with Crippen LogP contribution in [0.25, 0.3) is 0 Å². The summed E-state index contributed by atoms with van der Waals surface area (Å²) in [5.74, 6) is -0.242. The Bertz CT molecular complexity index is 458. The van der Waals surface area contributed by atoms with E-state index >= 15 is 0 Å². The zero-order chi connectivity index (χ0) is 14.6. The molecule has 0 heterocycles. The summed E-state index contributed by atoms with van der Waals surface area (Å²) in [5, 5.41) is 0. The smallest absolute Gasteiger partial charge is 0.308 e. The minimum atomic E-state index is -0.430. The maximum atomic E-state index is 12.6. The van der Waals surface area contributed by atoms with Crippen molar-refractivity contribution in [1.29, 1.82) is 0 Å². The molecule has 0 aliphatic carbocycles. The number of carbonyl (C=O) groups is 2. The van der Waals surface area contributed by atoms with E-state index in [1.54, 1.807) is 29.2 Å². The minimum Gasteiger partial charge on any atom is -0.426 e. The fourth-order valence-electron chi connectivity index (χ4n) is 2.09. The first-order chi connectivity index (χ1) is 8.84. The lowest BCUT2D eigenvalue weighted by Gasteiger charge is -2.31. The van der Waals surface area contributed by atoms with Crippen molar-refractivity contribution in [3.63, 3.8) is 0 Å². The molecule has 0 N–H and O–H groups in total. The molecule has 1 rings (SSSR count). The van der Waals surface area contributed by atoms with Crippen molar-refractivity contribution >= 4 is 11.9 Å². The van der Waals surface area contributed by atoms with Crippen LogP contribution in [0.2, 0.25) is 0 Å². The van der Waals surface area contributed by atoms with Gasteiger partial charge in [0.1, 0.15) is 5.75 Å². The number of hydrogen-bond donors (Lipinski definition) is 0. The molecule has 0 saturated carbocycles. The molecule has 1 amide bonds. The third-order valence-corrected chi connectivity index (χ3v) is 2.72. The van der Waals surface area contributed by atoms with Gasteiger partial charge in [-0.15, -0.1) is 0 Å². The van der Waals surface area contributed by atoms with Crippen LogP contribution < -0.4 is 4.74 Å². The van der Waals surface area contributed by atoms with E-state index in [1.807, 2.05) is 27.7 Å². The molecule has 0 aromatic heterocycles. The zero-order valence-corrected chi connectivity index (χ0v) is 12.1. The molecular weight excluding hydrogens is 242 g/mol. The Morgan fingerprint density at radius 3 is 2.05 bits per heavy atom. The standard InChI is InChI=1S/C15H21NO3/c1-10(2)16(11(3)4)15(18)13-8-6-7-9-14(13)19-12(5)17/h6-11H,1-5H3. The summed E-state index contributed by atoms with van der Waals surface area (Å²) >= 11 is 0. The van der Waals surface area contributed by atoms with Gasteiger partial charge in [0.2, 0.25) is 0 Å². The number of amides is 1. The molecule has 0 aliphatic heterocycles. The van der Waals surface area contributed by atoms with E-state index in [0.29, 0.717) is 11.3 Å². The van der Waals surface area contributed by atoms with E-state index in [4.69, 9.17) is 4.74 Å². The molecule has 0 aliphatic rings. The quantitative estimate of drug-likeness (QED) is 0.620. The van der Waals surface area contributed by atoms with Crippen molar-refractivity contribution in [1.82, 2.24) is 4.90 Å². The maximum Gasteiger partial charge on any atom is 0.308 e. The second kappa shape index (κ2) is 6.36. The molecule has 0 fully saturated rings. The molecule has 1 aromatic rings. The van der Waals surface area contributed by atoms with Gasteiger partial charge in [-0.3, -0.25) is 9.59 Å². The average Bonchev–Trinajstić information content (AvgIpc) is 2.27. The first-order valence-electron chi connectivity index (χ1n) is 6.44. The van der Waals surface area contributed by atoms with Crippen molar-refractivity contribution < 1.29 is 14.3 Å². The van der Waals surface area contributed by atoms with Crippen LogP contribution in [-0.4, -0.2) is 28.9 Å². The number of hydrogen-bond acceptors (Lipinski definition) is 3. The van der Waals surface area contributed by atoms with Crippen molar-refractivity contribution in [3.05, 3.63) is 29.8 Å². The summed E-state index contributed by atoms with van der Waals surface area (Å²) in [7, 11) is 0. The zero-order valence-electron chi connectivity index (χ0n) is 12.1. The topological polar surface area (TPSA) is 46.6 Å². The van der Waals surface area contributed by atoms with Gasteiger partial charge in [0.05, 0.1) is 5.56 Å². The van der Waals surface area contributed by atoms with Gasteiger partial charge in [0.15, 0.2) is 0 Å². The molecule has 0 saturated heterocycles. The molecule has 4 heteroatoms.